The van der Waals surface area contributed by atoms with E-state index in [0.29, 0.717) is 6.04 Å². The molecule has 3 atom stereocenters. The van der Waals surface area contributed by atoms with Gasteiger partial charge in [-0.2, -0.15) is 0 Å². The zero-order valence-corrected chi connectivity index (χ0v) is 10.8. The molecule has 0 aromatic heterocycles. The summed E-state index contributed by atoms with van der Waals surface area (Å²) >= 11 is 0. The average Bonchev–Trinajstić information content (AvgIpc) is 2.82. The van der Waals surface area contributed by atoms with E-state index in [1.54, 1.807) is 0 Å². The van der Waals surface area contributed by atoms with Gasteiger partial charge in [0.1, 0.15) is 0 Å². The number of hydrogen-bond donors (Lipinski definition) is 1. The van der Waals surface area contributed by atoms with Crippen LogP contribution in [0.1, 0.15) is 44.6 Å². The molecule has 17 heavy (non-hydrogen) atoms. The van der Waals surface area contributed by atoms with E-state index in [0.717, 1.165) is 11.8 Å². The highest BCUT2D eigenvalue weighted by Gasteiger charge is 2.31. The largest absolute Gasteiger partial charge is 0.381 e. The Morgan fingerprint density at radius 3 is 2.94 bits per heavy atom. The SMILES string of the molecule is CCC1CCCC(C2Cc3ccccc3N2)C1. The Balaban J connectivity index is 1.68. The van der Waals surface area contributed by atoms with E-state index in [9.17, 15) is 0 Å². The summed E-state index contributed by atoms with van der Waals surface area (Å²) in [5.41, 5.74) is 2.91. The first-order chi connectivity index (χ1) is 8.36. The van der Waals surface area contributed by atoms with Gasteiger partial charge in [-0.05, 0) is 42.7 Å². The lowest BCUT2D eigenvalue weighted by Gasteiger charge is -2.32. The van der Waals surface area contributed by atoms with E-state index in [1.165, 1.54) is 49.8 Å². The number of para-hydroxylation sites is 1. The Bertz CT molecular complexity index is 360. The van der Waals surface area contributed by atoms with Crippen molar-refractivity contribution in [3.63, 3.8) is 0 Å². The van der Waals surface area contributed by atoms with Gasteiger partial charge in [-0.1, -0.05) is 44.4 Å². The number of benzene rings is 1. The van der Waals surface area contributed by atoms with Crippen LogP contribution < -0.4 is 5.32 Å². The maximum absolute atomic E-state index is 3.75. The molecule has 1 aromatic carbocycles. The highest BCUT2D eigenvalue weighted by molar-refractivity contribution is 5.56. The number of hydrogen-bond acceptors (Lipinski definition) is 1. The third kappa shape index (κ3) is 2.20. The molecule has 1 nitrogen and oxygen atoms in total. The molecule has 1 aliphatic heterocycles. The molecular formula is C16H23N. The van der Waals surface area contributed by atoms with Gasteiger partial charge in [0, 0.05) is 11.7 Å². The molecule has 1 heterocycles. The van der Waals surface area contributed by atoms with Crippen LogP contribution in [0.4, 0.5) is 5.69 Å². The summed E-state index contributed by atoms with van der Waals surface area (Å²) in [6.45, 7) is 2.35. The molecule has 3 rings (SSSR count). The predicted molar refractivity (Wildman–Crippen MR) is 73.3 cm³/mol. The molecule has 1 heteroatoms. The molecule has 1 saturated carbocycles. The quantitative estimate of drug-likeness (QED) is 0.800. The van der Waals surface area contributed by atoms with Gasteiger partial charge in [0.05, 0.1) is 0 Å². The number of fused-ring (bicyclic) bond motifs is 1. The maximum atomic E-state index is 3.75. The van der Waals surface area contributed by atoms with E-state index >= 15 is 0 Å². The molecule has 1 aromatic rings. The second-order valence-electron chi connectivity index (χ2n) is 5.81. The molecule has 1 N–H and O–H groups in total. The lowest BCUT2D eigenvalue weighted by molar-refractivity contribution is 0.239. The van der Waals surface area contributed by atoms with Gasteiger partial charge in [0.15, 0.2) is 0 Å². The van der Waals surface area contributed by atoms with E-state index in [4.69, 9.17) is 0 Å². The van der Waals surface area contributed by atoms with Crippen molar-refractivity contribution in [1.82, 2.24) is 0 Å². The van der Waals surface area contributed by atoms with Crippen LogP contribution >= 0.6 is 0 Å². The average molecular weight is 229 g/mol. The second-order valence-corrected chi connectivity index (χ2v) is 5.81. The van der Waals surface area contributed by atoms with Crippen molar-refractivity contribution in [3.8, 4) is 0 Å². The Hall–Kier alpha value is -0.980. The fourth-order valence-electron chi connectivity index (χ4n) is 3.68. The molecule has 0 spiro atoms. The first kappa shape index (κ1) is 11.1. The topological polar surface area (TPSA) is 12.0 Å². The normalized spacial score (nSPS) is 31.9. The van der Waals surface area contributed by atoms with Crippen molar-refractivity contribution in [2.24, 2.45) is 11.8 Å². The van der Waals surface area contributed by atoms with Crippen molar-refractivity contribution < 1.29 is 0 Å². The van der Waals surface area contributed by atoms with Crippen molar-refractivity contribution in [2.75, 3.05) is 5.32 Å². The Morgan fingerprint density at radius 2 is 2.12 bits per heavy atom. The number of rotatable bonds is 2. The van der Waals surface area contributed by atoms with Crippen LogP contribution in [0, 0.1) is 11.8 Å². The third-order valence-corrected chi connectivity index (χ3v) is 4.77. The van der Waals surface area contributed by atoms with Crippen molar-refractivity contribution in [1.29, 1.82) is 0 Å². The van der Waals surface area contributed by atoms with Gasteiger partial charge in [0.25, 0.3) is 0 Å². The van der Waals surface area contributed by atoms with E-state index in [1.807, 2.05) is 0 Å². The zero-order chi connectivity index (χ0) is 11.7. The minimum absolute atomic E-state index is 0.710. The number of nitrogens with one attached hydrogen (secondary N) is 1. The molecule has 0 bridgehead atoms. The first-order valence-electron chi connectivity index (χ1n) is 7.21. The van der Waals surface area contributed by atoms with E-state index < -0.39 is 0 Å². The van der Waals surface area contributed by atoms with Gasteiger partial charge < -0.3 is 5.32 Å². The summed E-state index contributed by atoms with van der Waals surface area (Å²) in [6.07, 6.45) is 8.40. The molecule has 0 saturated heterocycles. The van der Waals surface area contributed by atoms with Gasteiger partial charge in [-0.3, -0.25) is 0 Å². The summed E-state index contributed by atoms with van der Waals surface area (Å²) in [5, 5.41) is 3.75. The lowest BCUT2D eigenvalue weighted by Crippen LogP contribution is -2.31. The van der Waals surface area contributed by atoms with E-state index in [2.05, 4.69) is 36.5 Å². The summed E-state index contributed by atoms with van der Waals surface area (Å²) in [7, 11) is 0. The van der Waals surface area contributed by atoms with Crippen LogP contribution in [-0.2, 0) is 6.42 Å². The van der Waals surface area contributed by atoms with Gasteiger partial charge in [-0.15, -0.1) is 0 Å². The molecular weight excluding hydrogens is 206 g/mol. The van der Waals surface area contributed by atoms with Gasteiger partial charge in [-0.25, -0.2) is 0 Å². The summed E-state index contributed by atoms with van der Waals surface area (Å²) in [6, 6.07) is 9.53. The molecule has 92 valence electrons. The van der Waals surface area contributed by atoms with Crippen LogP contribution in [-0.4, -0.2) is 6.04 Å². The van der Waals surface area contributed by atoms with Gasteiger partial charge >= 0.3 is 0 Å². The van der Waals surface area contributed by atoms with Crippen molar-refractivity contribution in [3.05, 3.63) is 29.8 Å². The molecule has 1 fully saturated rings. The highest BCUT2D eigenvalue weighted by atomic mass is 15.0. The predicted octanol–water partition coefficient (Wildman–Crippen LogP) is 4.24. The molecule has 1 aliphatic carbocycles. The minimum atomic E-state index is 0.710. The fraction of sp³-hybridized carbons (Fsp3) is 0.625. The van der Waals surface area contributed by atoms with Gasteiger partial charge in [0.2, 0.25) is 0 Å². The Morgan fingerprint density at radius 1 is 1.24 bits per heavy atom. The summed E-state index contributed by atoms with van der Waals surface area (Å²) in [4.78, 5) is 0. The van der Waals surface area contributed by atoms with Crippen LogP contribution in [0.25, 0.3) is 0 Å². The Labute approximate surface area is 105 Å². The monoisotopic (exact) mass is 229 g/mol. The molecule has 2 aliphatic rings. The highest BCUT2D eigenvalue weighted by Crippen LogP contribution is 2.38. The van der Waals surface area contributed by atoms with Crippen LogP contribution in [0.5, 0.6) is 0 Å². The first-order valence-corrected chi connectivity index (χ1v) is 7.21. The number of anilines is 1. The molecule has 0 radical (unpaired) electrons. The van der Waals surface area contributed by atoms with Crippen LogP contribution in [0.15, 0.2) is 24.3 Å². The summed E-state index contributed by atoms with van der Waals surface area (Å²) < 4.78 is 0. The zero-order valence-electron chi connectivity index (χ0n) is 10.8. The smallest absolute Gasteiger partial charge is 0.0375 e. The maximum Gasteiger partial charge on any atom is 0.0375 e. The third-order valence-electron chi connectivity index (χ3n) is 4.77. The fourth-order valence-corrected chi connectivity index (χ4v) is 3.68. The minimum Gasteiger partial charge on any atom is -0.381 e. The summed E-state index contributed by atoms with van der Waals surface area (Å²) in [5.74, 6) is 1.89. The lowest BCUT2D eigenvalue weighted by atomic mass is 9.76. The van der Waals surface area contributed by atoms with Crippen molar-refractivity contribution >= 4 is 5.69 Å². The van der Waals surface area contributed by atoms with Crippen LogP contribution in [0.2, 0.25) is 0 Å². The Kier molecular flexibility index (Phi) is 3.09. The van der Waals surface area contributed by atoms with Crippen LogP contribution in [0.3, 0.4) is 0 Å². The second kappa shape index (κ2) is 4.72. The molecule has 0 amide bonds. The molecule has 3 unspecified atom stereocenters. The van der Waals surface area contributed by atoms with E-state index in [-0.39, 0.29) is 0 Å². The van der Waals surface area contributed by atoms with Crippen molar-refractivity contribution in [2.45, 2.75) is 51.5 Å². The standard InChI is InChI=1S/C16H23N/c1-2-12-6-5-8-13(10-12)16-11-14-7-3-4-9-15(14)17-16/h3-4,7,9,12-13,16-17H,2,5-6,8,10-11H2,1H3.